The van der Waals surface area contributed by atoms with Crippen molar-refractivity contribution in [1.29, 1.82) is 0 Å². The monoisotopic (exact) mass is 418 g/mol. The zero-order valence-corrected chi connectivity index (χ0v) is 17.9. The van der Waals surface area contributed by atoms with Gasteiger partial charge < -0.3 is 21.1 Å². The molecule has 9 nitrogen and oxygen atoms in total. The molecule has 0 unspecified atom stereocenters. The molecule has 164 valence electrons. The third-order valence-corrected chi connectivity index (χ3v) is 4.87. The number of carboxylic acid groups (broad SMARTS) is 1. The number of benzene rings is 1. The third-order valence-electron chi connectivity index (χ3n) is 4.87. The van der Waals surface area contributed by atoms with Crippen LogP contribution in [0, 0.1) is 11.8 Å². The number of hydrogen-bond donors (Lipinski definition) is 4. The molecule has 0 radical (unpaired) electrons. The highest BCUT2D eigenvalue weighted by Crippen LogP contribution is 2.34. The van der Waals surface area contributed by atoms with Crippen LogP contribution in [0.5, 0.6) is 0 Å². The van der Waals surface area contributed by atoms with Gasteiger partial charge in [-0.1, -0.05) is 39.8 Å². The fourth-order valence-corrected chi connectivity index (χ4v) is 3.40. The van der Waals surface area contributed by atoms with Gasteiger partial charge in [-0.2, -0.15) is 0 Å². The molecule has 0 fully saturated rings. The minimum atomic E-state index is -1.17. The zero-order valence-electron chi connectivity index (χ0n) is 17.9. The molecule has 0 aromatic heterocycles. The third kappa shape index (κ3) is 5.28. The van der Waals surface area contributed by atoms with Crippen LogP contribution >= 0.6 is 0 Å². The fourth-order valence-electron chi connectivity index (χ4n) is 3.40. The Hall–Kier alpha value is -3.10. The smallest absolute Gasteiger partial charge is 0.325 e. The average Bonchev–Trinajstić information content (AvgIpc) is 2.65. The summed E-state index contributed by atoms with van der Waals surface area (Å²) in [6.45, 7) is 8.83. The molecule has 30 heavy (non-hydrogen) atoms. The second-order valence-corrected chi connectivity index (χ2v) is 8.27. The van der Waals surface area contributed by atoms with Crippen molar-refractivity contribution < 1.29 is 24.3 Å². The van der Waals surface area contributed by atoms with E-state index >= 15 is 0 Å². The first-order valence-corrected chi connectivity index (χ1v) is 10.1. The number of rotatable bonds is 7. The molecule has 1 aliphatic rings. The Labute approximate surface area is 176 Å². The lowest BCUT2D eigenvalue weighted by Gasteiger charge is -2.39. The van der Waals surface area contributed by atoms with E-state index in [9.17, 15) is 19.2 Å². The summed E-state index contributed by atoms with van der Waals surface area (Å²) in [6.07, 6.45) is 0.317. The molecule has 9 heteroatoms. The molecule has 1 heterocycles. The quantitative estimate of drug-likeness (QED) is 0.540. The van der Waals surface area contributed by atoms with Gasteiger partial charge in [0.25, 0.3) is 0 Å². The van der Waals surface area contributed by atoms with Crippen molar-refractivity contribution in [3.63, 3.8) is 0 Å². The maximum atomic E-state index is 13.3. The topological polar surface area (TPSA) is 128 Å². The number of para-hydroxylation sites is 2. The van der Waals surface area contributed by atoms with Gasteiger partial charge in [0, 0.05) is 0 Å². The summed E-state index contributed by atoms with van der Waals surface area (Å²) in [6, 6.07) is 3.59. The number of carboxylic acids is 1. The molecular weight excluding hydrogens is 388 g/mol. The number of carbonyl (C=O) groups is 4. The number of nitrogens with zero attached hydrogens (tertiary/aromatic N) is 1. The van der Waals surface area contributed by atoms with Gasteiger partial charge in [0.05, 0.1) is 11.4 Å². The van der Waals surface area contributed by atoms with Crippen LogP contribution in [-0.4, -0.2) is 47.0 Å². The maximum absolute atomic E-state index is 13.3. The minimum Gasteiger partial charge on any atom is -0.480 e. The van der Waals surface area contributed by atoms with Gasteiger partial charge in [-0.15, -0.1) is 0 Å². The summed E-state index contributed by atoms with van der Waals surface area (Å²) in [5, 5.41) is 17.0. The molecule has 1 aromatic rings. The normalized spacial score (nSPS) is 17.8. The van der Waals surface area contributed by atoms with E-state index in [-0.39, 0.29) is 17.7 Å². The Kier molecular flexibility index (Phi) is 7.42. The van der Waals surface area contributed by atoms with Gasteiger partial charge in [0.2, 0.25) is 11.8 Å². The van der Waals surface area contributed by atoms with Crippen LogP contribution in [0.3, 0.4) is 0 Å². The molecule has 3 atom stereocenters. The van der Waals surface area contributed by atoms with E-state index in [0.29, 0.717) is 17.8 Å². The van der Waals surface area contributed by atoms with Crippen LogP contribution < -0.4 is 20.9 Å². The second kappa shape index (κ2) is 9.60. The highest BCUT2D eigenvalue weighted by Gasteiger charge is 2.40. The SMILES string of the molecule is CC(C)C[C@H](NC(=O)N1c2ccccc2NC(=O)[C@H]1C(C)C)C(=O)N[C@@H](C)C(=O)O. The molecule has 1 aliphatic heterocycles. The van der Waals surface area contributed by atoms with Crippen LogP contribution in [0.2, 0.25) is 0 Å². The predicted molar refractivity (Wildman–Crippen MR) is 113 cm³/mol. The predicted octanol–water partition coefficient (Wildman–Crippen LogP) is 2.18. The van der Waals surface area contributed by atoms with Crippen LogP contribution in [0.1, 0.15) is 41.0 Å². The van der Waals surface area contributed by atoms with Gasteiger partial charge in [0.1, 0.15) is 18.1 Å². The van der Waals surface area contributed by atoms with Crippen LogP contribution in [-0.2, 0) is 14.4 Å². The van der Waals surface area contributed by atoms with E-state index < -0.39 is 36.0 Å². The van der Waals surface area contributed by atoms with Crippen molar-refractivity contribution >= 4 is 35.2 Å². The highest BCUT2D eigenvalue weighted by atomic mass is 16.4. The Morgan fingerprint density at radius 1 is 1.10 bits per heavy atom. The van der Waals surface area contributed by atoms with Crippen LogP contribution in [0.25, 0.3) is 0 Å². The number of amides is 4. The van der Waals surface area contributed by atoms with E-state index in [1.165, 1.54) is 11.8 Å². The molecule has 1 aromatic carbocycles. The number of anilines is 2. The van der Waals surface area contributed by atoms with E-state index in [4.69, 9.17) is 5.11 Å². The molecule has 0 aliphatic carbocycles. The molecule has 0 spiro atoms. The molecule has 4 amide bonds. The summed E-state index contributed by atoms with van der Waals surface area (Å²) in [5.74, 6) is -2.15. The van der Waals surface area contributed by atoms with Crippen molar-refractivity contribution in [2.45, 2.75) is 59.2 Å². The van der Waals surface area contributed by atoms with Crippen molar-refractivity contribution in [2.75, 3.05) is 10.2 Å². The van der Waals surface area contributed by atoms with E-state index in [1.54, 1.807) is 24.3 Å². The van der Waals surface area contributed by atoms with Crippen molar-refractivity contribution in [1.82, 2.24) is 10.6 Å². The van der Waals surface area contributed by atoms with E-state index in [2.05, 4.69) is 16.0 Å². The lowest BCUT2D eigenvalue weighted by molar-refractivity contribution is -0.141. The lowest BCUT2D eigenvalue weighted by Crippen LogP contribution is -2.60. The summed E-state index contributed by atoms with van der Waals surface area (Å²) >= 11 is 0. The Morgan fingerprint density at radius 2 is 1.73 bits per heavy atom. The first-order valence-electron chi connectivity index (χ1n) is 10.1. The van der Waals surface area contributed by atoms with Gasteiger partial charge in [-0.25, -0.2) is 4.79 Å². The van der Waals surface area contributed by atoms with Gasteiger partial charge >= 0.3 is 12.0 Å². The Morgan fingerprint density at radius 3 is 2.30 bits per heavy atom. The molecular formula is C21H30N4O5. The van der Waals surface area contributed by atoms with Crippen molar-refractivity contribution in [3.05, 3.63) is 24.3 Å². The van der Waals surface area contributed by atoms with Crippen LogP contribution in [0.15, 0.2) is 24.3 Å². The number of urea groups is 1. The first-order chi connectivity index (χ1) is 14.0. The van der Waals surface area contributed by atoms with Gasteiger partial charge in [-0.3, -0.25) is 19.3 Å². The number of nitrogens with one attached hydrogen (secondary N) is 3. The first kappa shape index (κ1) is 23.2. The number of hydrogen-bond acceptors (Lipinski definition) is 4. The summed E-state index contributed by atoms with van der Waals surface area (Å²) in [4.78, 5) is 51.0. The average molecular weight is 418 g/mol. The Bertz CT molecular complexity index is 823. The van der Waals surface area contributed by atoms with E-state index in [1.807, 2.05) is 27.7 Å². The highest BCUT2D eigenvalue weighted by molar-refractivity contribution is 6.12. The second-order valence-electron chi connectivity index (χ2n) is 8.27. The molecule has 0 saturated heterocycles. The maximum Gasteiger partial charge on any atom is 0.325 e. The fraction of sp³-hybridized carbons (Fsp3) is 0.524. The van der Waals surface area contributed by atoms with Gasteiger partial charge in [-0.05, 0) is 37.3 Å². The lowest BCUT2D eigenvalue weighted by atomic mass is 9.97. The standard InChI is InChI=1S/C21H30N4O5/c1-11(2)10-15(18(26)22-13(5)20(28)29)24-21(30)25-16-9-7-6-8-14(16)23-19(27)17(25)12(3)4/h6-9,11-13,15,17H,10H2,1-5H3,(H,22,26)(H,23,27)(H,24,30)(H,28,29)/t13-,15-,17+/m0/s1. The molecule has 4 N–H and O–H groups in total. The number of aliphatic carboxylic acids is 1. The summed E-state index contributed by atoms with van der Waals surface area (Å²) in [5.41, 5.74) is 1.05. The number of carbonyl (C=O) groups excluding carboxylic acids is 3. The van der Waals surface area contributed by atoms with Crippen LogP contribution in [0.4, 0.5) is 16.2 Å². The molecule has 0 bridgehead atoms. The van der Waals surface area contributed by atoms with Crippen molar-refractivity contribution in [2.24, 2.45) is 11.8 Å². The summed E-state index contributed by atoms with van der Waals surface area (Å²) in [7, 11) is 0. The largest absolute Gasteiger partial charge is 0.480 e. The number of fused-ring (bicyclic) bond motifs is 1. The molecule has 0 saturated carbocycles. The zero-order chi connectivity index (χ0) is 22.6. The summed E-state index contributed by atoms with van der Waals surface area (Å²) < 4.78 is 0. The molecule has 2 rings (SSSR count). The minimum absolute atomic E-state index is 0.0685. The Balaban J connectivity index is 2.33. The van der Waals surface area contributed by atoms with E-state index in [0.717, 1.165) is 0 Å². The van der Waals surface area contributed by atoms with Gasteiger partial charge in [0.15, 0.2) is 0 Å². The van der Waals surface area contributed by atoms with Crippen molar-refractivity contribution in [3.8, 4) is 0 Å².